The highest BCUT2D eigenvalue weighted by Gasteiger charge is 2.18. The molecule has 0 aromatic carbocycles. The molecule has 0 aliphatic carbocycles. The number of carbonyl (C=O) groups excluding carboxylic acids is 2. The predicted molar refractivity (Wildman–Crippen MR) is 366 cm³/mol. The first-order valence-electron chi connectivity index (χ1n) is 38.1. The maximum Gasteiger partial charge on any atom is 0.305 e. The fourth-order valence-electron chi connectivity index (χ4n) is 12.2. The fourth-order valence-corrected chi connectivity index (χ4v) is 12.2. The van der Waals surface area contributed by atoms with Crippen LogP contribution >= 0.6 is 0 Å². The Balaban J connectivity index is 3.36. The van der Waals surface area contributed by atoms with E-state index in [1.807, 2.05) is 6.08 Å². The largest absolute Gasteiger partial charge is 0.466 e. The van der Waals surface area contributed by atoms with E-state index in [1.54, 1.807) is 6.08 Å². The molecule has 3 N–H and O–H groups in total. The molecule has 0 fully saturated rings. The van der Waals surface area contributed by atoms with E-state index < -0.39 is 12.1 Å². The maximum atomic E-state index is 12.5. The van der Waals surface area contributed by atoms with Crippen molar-refractivity contribution in [3.05, 3.63) is 24.3 Å². The Morgan fingerprint density at radius 2 is 0.566 bits per heavy atom. The lowest BCUT2D eigenvalue weighted by molar-refractivity contribution is -0.143. The monoisotopic (exact) mass is 1170 g/mol. The van der Waals surface area contributed by atoms with E-state index in [4.69, 9.17) is 4.74 Å². The third-order valence-corrected chi connectivity index (χ3v) is 18.0. The fraction of sp³-hybridized carbons (Fsp3) is 0.922. The van der Waals surface area contributed by atoms with Crippen molar-refractivity contribution in [1.82, 2.24) is 5.32 Å². The van der Waals surface area contributed by atoms with Crippen LogP contribution in [0.5, 0.6) is 0 Å². The number of allylic oxidation sites excluding steroid dienone is 3. The molecule has 0 saturated carbocycles. The van der Waals surface area contributed by atoms with E-state index in [1.165, 1.54) is 360 Å². The Morgan fingerprint density at radius 3 is 0.855 bits per heavy atom. The van der Waals surface area contributed by atoms with Crippen molar-refractivity contribution in [2.75, 3.05) is 13.2 Å². The van der Waals surface area contributed by atoms with Crippen molar-refractivity contribution >= 4 is 11.9 Å². The molecule has 0 rings (SSSR count). The van der Waals surface area contributed by atoms with Gasteiger partial charge >= 0.3 is 5.97 Å². The average molecular weight is 1170 g/mol. The molecular weight excluding hydrogens is 1020 g/mol. The third-order valence-electron chi connectivity index (χ3n) is 18.0. The summed E-state index contributed by atoms with van der Waals surface area (Å²) in [5.41, 5.74) is 0. The molecule has 0 aromatic rings. The predicted octanol–water partition coefficient (Wildman–Crippen LogP) is 24.9. The smallest absolute Gasteiger partial charge is 0.305 e. The standard InChI is InChI=1S/C77H149NO5/c1-3-5-7-9-11-13-15-17-19-21-23-34-37-41-45-49-53-57-61-65-69-75(80)74(73-79)78-76(81)70-66-62-58-54-50-46-42-38-35-32-30-28-26-24-25-27-29-31-33-36-40-44-48-52-56-60-64-68-72-83-77(82)71-67-63-59-55-51-47-43-39-22-20-18-16-14-12-10-8-6-4-2/h20,22,65,69,74-75,79-80H,3-19,21,23-64,66-68,70-73H2,1-2H3,(H,78,81)/b22-20-,69-65+. The molecule has 0 saturated heterocycles. The highest BCUT2D eigenvalue weighted by atomic mass is 16.5. The number of hydrogen-bond donors (Lipinski definition) is 3. The first-order chi connectivity index (χ1) is 41.0. The zero-order valence-corrected chi connectivity index (χ0v) is 56.5. The molecule has 0 aromatic heterocycles. The van der Waals surface area contributed by atoms with Crippen molar-refractivity contribution in [3.63, 3.8) is 0 Å². The van der Waals surface area contributed by atoms with Gasteiger partial charge in [-0.15, -0.1) is 0 Å². The van der Waals surface area contributed by atoms with Gasteiger partial charge in [-0.3, -0.25) is 9.59 Å². The summed E-state index contributed by atoms with van der Waals surface area (Å²) >= 11 is 0. The molecule has 6 heteroatoms. The summed E-state index contributed by atoms with van der Waals surface area (Å²) in [6.45, 7) is 4.95. The average Bonchev–Trinajstić information content (AvgIpc) is 3.49. The van der Waals surface area contributed by atoms with Gasteiger partial charge < -0.3 is 20.3 Å². The number of aliphatic hydroxyl groups is 2. The summed E-state index contributed by atoms with van der Waals surface area (Å²) < 4.78 is 5.51. The van der Waals surface area contributed by atoms with Crippen molar-refractivity contribution in [1.29, 1.82) is 0 Å². The van der Waals surface area contributed by atoms with Crippen LogP contribution in [0, 0.1) is 0 Å². The van der Waals surface area contributed by atoms with Gasteiger partial charge in [-0.1, -0.05) is 385 Å². The SMILES string of the molecule is CCCCCCCCC/C=C\CCCCCCCCCC(=O)OCCCCCCCCCCCCCCCCCCCCCCCCCCCCCCC(=O)NC(CO)C(O)/C=C/CCCCCCCCCCCCCCCCCCCC. The minimum Gasteiger partial charge on any atom is -0.466 e. The van der Waals surface area contributed by atoms with Crippen molar-refractivity contribution in [2.24, 2.45) is 0 Å². The van der Waals surface area contributed by atoms with E-state index in [9.17, 15) is 19.8 Å². The zero-order valence-electron chi connectivity index (χ0n) is 56.5. The van der Waals surface area contributed by atoms with Crippen molar-refractivity contribution < 1.29 is 24.5 Å². The van der Waals surface area contributed by atoms with Crippen LogP contribution < -0.4 is 5.32 Å². The van der Waals surface area contributed by atoms with Gasteiger partial charge in [-0.05, 0) is 57.8 Å². The van der Waals surface area contributed by atoms with Crippen molar-refractivity contribution in [3.8, 4) is 0 Å². The summed E-state index contributed by atoms with van der Waals surface area (Å²) in [7, 11) is 0. The summed E-state index contributed by atoms with van der Waals surface area (Å²) in [6.07, 6.45) is 92.8. The number of esters is 1. The number of aliphatic hydroxyl groups excluding tert-OH is 2. The summed E-state index contributed by atoms with van der Waals surface area (Å²) in [5, 5.41) is 23.3. The van der Waals surface area contributed by atoms with Gasteiger partial charge in [0.05, 0.1) is 25.4 Å². The molecule has 0 spiro atoms. The number of ether oxygens (including phenoxy) is 1. The van der Waals surface area contributed by atoms with Crippen LogP contribution in [-0.4, -0.2) is 47.4 Å². The first kappa shape index (κ1) is 81.3. The molecule has 0 heterocycles. The molecule has 2 unspecified atom stereocenters. The zero-order chi connectivity index (χ0) is 59.9. The second-order valence-corrected chi connectivity index (χ2v) is 26.3. The molecule has 0 aliphatic rings. The Hall–Kier alpha value is -1.66. The molecule has 492 valence electrons. The van der Waals surface area contributed by atoms with Gasteiger partial charge in [0, 0.05) is 12.8 Å². The van der Waals surface area contributed by atoms with E-state index >= 15 is 0 Å². The molecular formula is C77H149NO5. The quantitative estimate of drug-likeness (QED) is 0.0320. The maximum absolute atomic E-state index is 12.5. The Labute approximate surface area is 520 Å². The minimum absolute atomic E-state index is 0.0165. The van der Waals surface area contributed by atoms with Crippen LogP contribution in [-0.2, 0) is 14.3 Å². The topological polar surface area (TPSA) is 95.9 Å². The van der Waals surface area contributed by atoms with Gasteiger partial charge in [0.2, 0.25) is 5.91 Å². The lowest BCUT2D eigenvalue weighted by Crippen LogP contribution is -2.45. The summed E-state index contributed by atoms with van der Waals surface area (Å²) in [5.74, 6) is -0.0439. The van der Waals surface area contributed by atoms with Crippen LogP contribution in [0.4, 0.5) is 0 Å². The molecule has 0 aliphatic heterocycles. The van der Waals surface area contributed by atoms with E-state index in [0.29, 0.717) is 19.4 Å². The second kappa shape index (κ2) is 72.8. The third kappa shape index (κ3) is 69.3. The molecule has 6 nitrogen and oxygen atoms in total. The number of amides is 1. The van der Waals surface area contributed by atoms with Gasteiger partial charge in [0.15, 0.2) is 0 Å². The Morgan fingerprint density at radius 1 is 0.325 bits per heavy atom. The molecule has 0 radical (unpaired) electrons. The van der Waals surface area contributed by atoms with E-state index in [0.717, 1.165) is 44.9 Å². The number of nitrogens with one attached hydrogen (secondary N) is 1. The lowest BCUT2D eigenvalue weighted by Gasteiger charge is -2.20. The van der Waals surface area contributed by atoms with Crippen LogP contribution in [0.3, 0.4) is 0 Å². The van der Waals surface area contributed by atoms with Crippen LogP contribution in [0.15, 0.2) is 24.3 Å². The number of carbonyl (C=O) groups is 2. The van der Waals surface area contributed by atoms with Crippen LogP contribution in [0.2, 0.25) is 0 Å². The van der Waals surface area contributed by atoms with E-state index in [-0.39, 0.29) is 18.5 Å². The molecule has 83 heavy (non-hydrogen) atoms. The first-order valence-corrected chi connectivity index (χ1v) is 38.1. The Kier molecular flexibility index (Phi) is 71.4. The lowest BCUT2D eigenvalue weighted by atomic mass is 10.0. The summed E-state index contributed by atoms with van der Waals surface area (Å²) in [4.78, 5) is 24.6. The minimum atomic E-state index is -0.843. The molecule has 2 atom stereocenters. The number of rotatable bonds is 72. The van der Waals surface area contributed by atoms with Gasteiger partial charge in [-0.2, -0.15) is 0 Å². The van der Waals surface area contributed by atoms with E-state index in [2.05, 4.69) is 31.3 Å². The van der Waals surface area contributed by atoms with Gasteiger partial charge in [0.25, 0.3) is 0 Å². The Bertz CT molecular complexity index is 1300. The normalized spacial score (nSPS) is 12.6. The number of hydrogen-bond acceptors (Lipinski definition) is 5. The highest BCUT2D eigenvalue weighted by molar-refractivity contribution is 5.76. The van der Waals surface area contributed by atoms with Gasteiger partial charge in [-0.25, -0.2) is 0 Å². The van der Waals surface area contributed by atoms with Crippen LogP contribution in [0.25, 0.3) is 0 Å². The number of unbranched alkanes of at least 4 members (excludes halogenated alkanes) is 59. The second-order valence-electron chi connectivity index (χ2n) is 26.3. The van der Waals surface area contributed by atoms with Crippen molar-refractivity contribution in [2.45, 2.75) is 443 Å². The van der Waals surface area contributed by atoms with Crippen LogP contribution in [0.1, 0.15) is 431 Å². The molecule has 1 amide bonds. The van der Waals surface area contributed by atoms with Gasteiger partial charge in [0.1, 0.15) is 0 Å². The molecule has 0 bridgehead atoms. The highest BCUT2D eigenvalue weighted by Crippen LogP contribution is 2.19. The summed E-state index contributed by atoms with van der Waals surface area (Å²) in [6, 6.07) is -0.626.